The minimum Gasteiger partial charge on any atom is -0.365 e. The van der Waals surface area contributed by atoms with Gasteiger partial charge in [-0.25, -0.2) is 14.4 Å². The molecule has 0 saturated carbocycles. The molecule has 0 spiro atoms. The monoisotopic (exact) mass is 347 g/mol. The molecule has 26 heavy (non-hydrogen) atoms. The molecule has 0 radical (unpaired) electrons. The van der Waals surface area contributed by atoms with Gasteiger partial charge in [-0.2, -0.15) is 5.26 Å². The molecule has 0 atom stereocenters. The van der Waals surface area contributed by atoms with Crippen molar-refractivity contribution in [3.63, 3.8) is 0 Å². The van der Waals surface area contributed by atoms with Crippen LogP contribution in [0.25, 0.3) is 0 Å². The number of nitrogens with one attached hydrogen (secondary N) is 2. The second-order valence-electron chi connectivity index (χ2n) is 5.41. The zero-order chi connectivity index (χ0) is 18.4. The highest BCUT2D eigenvalue weighted by Crippen LogP contribution is 2.12. The van der Waals surface area contributed by atoms with E-state index in [0.29, 0.717) is 23.6 Å². The third-order valence-electron chi connectivity index (χ3n) is 3.52. The number of aromatic nitrogens is 2. The van der Waals surface area contributed by atoms with E-state index < -0.39 is 5.91 Å². The van der Waals surface area contributed by atoms with Gasteiger partial charge in [0.1, 0.15) is 17.3 Å². The first-order valence-electron chi connectivity index (χ1n) is 7.76. The van der Waals surface area contributed by atoms with E-state index in [9.17, 15) is 9.18 Å². The zero-order valence-electron chi connectivity index (χ0n) is 13.6. The topological polar surface area (TPSA) is 90.7 Å². The first-order chi connectivity index (χ1) is 12.6. The number of nitriles is 1. The highest BCUT2D eigenvalue weighted by Gasteiger charge is 2.09. The van der Waals surface area contributed by atoms with Crippen molar-refractivity contribution in [3.8, 4) is 6.07 Å². The van der Waals surface area contributed by atoms with E-state index in [1.165, 1.54) is 24.5 Å². The van der Waals surface area contributed by atoms with Crippen molar-refractivity contribution < 1.29 is 9.18 Å². The van der Waals surface area contributed by atoms with E-state index in [2.05, 4.69) is 20.6 Å². The Kier molecular flexibility index (Phi) is 5.15. The molecule has 0 aliphatic carbocycles. The molecule has 6 nitrogen and oxygen atoms in total. The van der Waals surface area contributed by atoms with Gasteiger partial charge in [-0.3, -0.25) is 4.79 Å². The summed E-state index contributed by atoms with van der Waals surface area (Å²) in [6.45, 7) is 0.460. The van der Waals surface area contributed by atoms with Gasteiger partial charge in [-0.15, -0.1) is 0 Å². The molecule has 0 fully saturated rings. The third kappa shape index (κ3) is 4.39. The van der Waals surface area contributed by atoms with Crippen molar-refractivity contribution in [2.45, 2.75) is 6.54 Å². The van der Waals surface area contributed by atoms with Crippen molar-refractivity contribution in [2.75, 3.05) is 10.6 Å². The fourth-order valence-electron chi connectivity index (χ4n) is 2.19. The van der Waals surface area contributed by atoms with Crippen LogP contribution >= 0.6 is 0 Å². The predicted octanol–water partition coefficient (Wildman–Crippen LogP) is 3.35. The average molecular weight is 347 g/mol. The van der Waals surface area contributed by atoms with Crippen LogP contribution in [0.1, 0.15) is 21.6 Å². The molecule has 1 heterocycles. The number of carbonyl (C=O) groups is 1. The highest BCUT2D eigenvalue weighted by molar-refractivity contribution is 6.02. The van der Waals surface area contributed by atoms with Crippen LogP contribution in [-0.2, 0) is 6.54 Å². The molecular weight excluding hydrogens is 333 g/mol. The summed E-state index contributed by atoms with van der Waals surface area (Å²) in [5.41, 5.74) is 2.01. The molecule has 0 bridgehead atoms. The standard InChI is InChI=1S/C19H14FN5O/c20-15-6-4-13(5-7-15)10-23-18-12-22-17(11-24-18)19(26)25-16-3-1-2-14(8-16)9-21/h1-8,11-12H,10H2,(H,23,24)(H,25,26). The number of amides is 1. The maximum atomic E-state index is 12.9. The Morgan fingerprint density at radius 2 is 1.92 bits per heavy atom. The van der Waals surface area contributed by atoms with E-state index in [0.717, 1.165) is 5.56 Å². The summed E-state index contributed by atoms with van der Waals surface area (Å²) in [7, 11) is 0. The Hall–Kier alpha value is -3.79. The number of hydrogen-bond donors (Lipinski definition) is 2. The number of carbonyl (C=O) groups excluding carboxylic acids is 1. The van der Waals surface area contributed by atoms with Crippen LogP contribution in [0.3, 0.4) is 0 Å². The summed E-state index contributed by atoms with van der Waals surface area (Å²) in [6, 6.07) is 14.7. The zero-order valence-corrected chi connectivity index (χ0v) is 13.6. The van der Waals surface area contributed by atoms with E-state index in [1.807, 2.05) is 6.07 Å². The molecule has 0 aliphatic rings. The van der Waals surface area contributed by atoms with Crippen LogP contribution in [0.15, 0.2) is 60.9 Å². The van der Waals surface area contributed by atoms with Gasteiger partial charge in [0, 0.05) is 12.2 Å². The summed E-state index contributed by atoms with van der Waals surface area (Å²) in [5.74, 6) is -0.209. The van der Waals surface area contributed by atoms with E-state index in [4.69, 9.17) is 5.26 Å². The molecular formula is C19H14FN5O. The highest BCUT2D eigenvalue weighted by atomic mass is 19.1. The number of benzene rings is 2. The summed E-state index contributed by atoms with van der Waals surface area (Å²) in [4.78, 5) is 20.4. The number of nitrogens with zero attached hydrogens (tertiary/aromatic N) is 3. The lowest BCUT2D eigenvalue weighted by Gasteiger charge is -2.07. The SMILES string of the molecule is N#Cc1cccc(NC(=O)c2cnc(NCc3ccc(F)cc3)cn2)c1. The van der Waals surface area contributed by atoms with Gasteiger partial charge < -0.3 is 10.6 Å². The normalized spacial score (nSPS) is 10.0. The summed E-state index contributed by atoms with van der Waals surface area (Å²) < 4.78 is 12.9. The van der Waals surface area contributed by atoms with Crippen LogP contribution in [0.5, 0.6) is 0 Å². The molecule has 2 N–H and O–H groups in total. The van der Waals surface area contributed by atoms with Crippen molar-refractivity contribution in [1.29, 1.82) is 5.26 Å². The first kappa shape index (κ1) is 17.0. The van der Waals surface area contributed by atoms with Gasteiger partial charge in [-0.05, 0) is 35.9 Å². The number of halogens is 1. The van der Waals surface area contributed by atoms with Gasteiger partial charge in [-0.1, -0.05) is 18.2 Å². The van der Waals surface area contributed by atoms with E-state index in [-0.39, 0.29) is 11.5 Å². The Bertz CT molecular complexity index is 949. The minimum absolute atomic E-state index is 0.152. The fraction of sp³-hybridized carbons (Fsp3) is 0.0526. The Labute approximate surface area is 149 Å². The number of rotatable bonds is 5. The van der Waals surface area contributed by atoms with Crippen molar-refractivity contribution >= 4 is 17.4 Å². The van der Waals surface area contributed by atoms with Crippen molar-refractivity contribution in [1.82, 2.24) is 9.97 Å². The Balaban J connectivity index is 1.60. The Morgan fingerprint density at radius 3 is 2.62 bits per heavy atom. The number of anilines is 2. The molecule has 128 valence electrons. The lowest BCUT2D eigenvalue weighted by atomic mass is 10.2. The summed E-state index contributed by atoms with van der Waals surface area (Å²) >= 11 is 0. The van der Waals surface area contributed by atoms with Crippen LogP contribution in [-0.4, -0.2) is 15.9 Å². The predicted molar refractivity (Wildman–Crippen MR) is 94.9 cm³/mol. The third-order valence-corrected chi connectivity index (χ3v) is 3.52. The average Bonchev–Trinajstić information content (AvgIpc) is 2.68. The number of hydrogen-bond acceptors (Lipinski definition) is 5. The molecule has 3 aromatic rings. The molecule has 2 aromatic carbocycles. The molecule has 3 rings (SSSR count). The van der Waals surface area contributed by atoms with Crippen LogP contribution in [0, 0.1) is 17.1 Å². The molecule has 0 saturated heterocycles. The minimum atomic E-state index is -0.419. The summed E-state index contributed by atoms with van der Waals surface area (Å²) in [5, 5.41) is 14.6. The van der Waals surface area contributed by atoms with E-state index in [1.54, 1.807) is 36.4 Å². The van der Waals surface area contributed by atoms with Crippen LogP contribution in [0.4, 0.5) is 15.9 Å². The maximum absolute atomic E-state index is 12.9. The van der Waals surface area contributed by atoms with Gasteiger partial charge in [0.2, 0.25) is 0 Å². The van der Waals surface area contributed by atoms with Gasteiger partial charge in [0.25, 0.3) is 5.91 Å². The first-order valence-corrected chi connectivity index (χ1v) is 7.76. The van der Waals surface area contributed by atoms with Crippen LogP contribution < -0.4 is 10.6 Å². The van der Waals surface area contributed by atoms with Gasteiger partial charge in [0.15, 0.2) is 0 Å². The fourth-order valence-corrected chi connectivity index (χ4v) is 2.19. The molecule has 0 unspecified atom stereocenters. The van der Waals surface area contributed by atoms with E-state index >= 15 is 0 Å². The largest absolute Gasteiger partial charge is 0.365 e. The smallest absolute Gasteiger partial charge is 0.275 e. The second-order valence-corrected chi connectivity index (χ2v) is 5.41. The molecule has 1 amide bonds. The summed E-state index contributed by atoms with van der Waals surface area (Å²) in [6.07, 6.45) is 2.81. The lowest BCUT2D eigenvalue weighted by molar-refractivity contribution is 0.102. The van der Waals surface area contributed by atoms with Gasteiger partial charge in [0.05, 0.1) is 24.0 Å². The second kappa shape index (κ2) is 7.85. The van der Waals surface area contributed by atoms with Crippen molar-refractivity contribution in [2.24, 2.45) is 0 Å². The maximum Gasteiger partial charge on any atom is 0.275 e. The Morgan fingerprint density at radius 1 is 1.12 bits per heavy atom. The lowest BCUT2D eigenvalue weighted by Crippen LogP contribution is -2.14. The molecule has 0 aliphatic heterocycles. The van der Waals surface area contributed by atoms with Gasteiger partial charge >= 0.3 is 0 Å². The van der Waals surface area contributed by atoms with Crippen molar-refractivity contribution in [3.05, 3.63) is 83.6 Å². The molecule has 1 aromatic heterocycles. The molecule has 7 heteroatoms. The van der Waals surface area contributed by atoms with Crippen LogP contribution in [0.2, 0.25) is 0 Å². The quantitative estimate of drug-likeness (QED) is 0.738.